The summed E-state index contributed by atoms with van der Waals surface area (Å²) >= 11 is 0. The highest BCUT2D eigenvalue weighted by Crippen LogP contribution is 2.25. The van der Waals surface area contributed by atoms with Gasteiger partial charge in [-0.15, -0.1) is 0 Å². The van der Waals surface area contributed by atoms with Gasteiger partial charge in [-0.25, -0.2) is 0 Å². The van der Waals surface area contributed by atoms with Crippen LogP contribution in [0.15, 0.2) is 18.2 Å². The van der Waals surface area contributed by atoms with Crippen molar-refractivity contribution in [3.05, 3.63) is 29.3 Å². The number of nitrogens with one attached hydrogen (secondary N) is 1. The summed E-state index contributed by atoms with van der Waals surface area (Å²) in [5.41, 5.74) is 2.38. The number of rotatable bonds is 2. The molecule has 0 saturated carbocycles. The average Bonchev–Trinajstić information content (AvgIpc) is 2.71. The van der Waals surface area contributed by atoms with Gasteiger partial charge in [0.15, 0.2) is 0 Å². The lowest BCUT2D eigenvalue weighted by atomic mass is 10.1. The lowest BCUT2D eigenvalue weighted by molar-refractivity contribution is 0.357. The van der Waals surface area contributed by atoms with E-state index in [4.69, 9.17) is 4.74 Å². The Morgan fingerprint density at radius 3 is 3.27 bits per heavy atom. The van der Waals surface area contributed by atoms with Crippen LogP contribution in [-0.4, -0.2) is 20.2 Å². The first-order valence-electron chi connectivity index (χ1n) is 5.29. The van der Waals surface area contributed by atoms with Crippen LogP contribution in [0.2, 0.25) is 0 Å². The molecule has 1 aromatic rings. The van der Waals surface area contributed by atoms with Gasteiger partial charge >= 0.3 is 0 Å². The Morgan fingerprint density at radius 2 is 2.40 bits per heavy atom. The van der Waals surface area contributed by atoms with Gasteiger partial charge in [0.2, 0.25) is 0 Å². The molecule has 2 rings (SSSR count). The summed E-state index contributed by atoms with van der Waals surface area (Å²) in [6, 6.07) is 6.18. The second-order valence-corrected chi connectivity index (χ2v) is 3.58. The minimum absolute atomic E-state index is 0.811. The molecular weight excluding hydrogens is 186 g/mol. The van der Waals surface area contributed by atoms with Crippen LogP contribution in [0.25, 0.3) is 0 Å². The Morgan fingerprint density at radius 1 is 1.47 bits per heavy atom. The lowest BCUT2D eigenvalue weighted by Gasteiger charge is -1.97. The highest BCUT2D eigenvalue weighted by molar-refractivity contribution is 5.45. The third-order valence-corrected chi connectivity index (χ3v) is 2.42. The molecule has 1 N–H and O–H groups in total. The van der Waals surface area contributed by atoms with E-state index in [1.54, 1.807) is 0 Å². The van der Waals surface area contributed by atoms with Crippen molar-refractivity contribution in [2.45, 2.75) is 12.8 Å². The van der Waals surface area contributed by atoms with Crippen molar-refractivity contribution in [1.82, 2.24) is 5.32 Å². The van der Waals surface area contributed by atoms with E-state index in [1.165, 1.54) is 5.56 Å². The fourth-order valence-corrected chi connectivity index (χ4v) is 1.62. The van der Waals surface area contributed by atoms with Crippen LogP contribution in [0.5, 0.6) is 5.75 Å². The molecule has 0 atom stereocenters. The zero-order valence-electron chi connectivity index (χ0n) is 8.97. The van der Waals surface area contributed by atoms with Crippen LogP contribution in [0.3, 0.4) is 0 Å². The third-order valence-electron chi connectivity index (χ3n) is 2.42. The summed E-state index contributed by atoms with van der Waals surface area (Å²) in [6.45, 7) is 1.76. The van der Waals surface area contributed by atoms with Crippen molar-refractivity contribution in [3.63, 3.8) is 0 Å². The van der Waals surface area contributed by atoms with Crippen LogP contribution in [-0.2, 0) is 6.42 Å². The standard InChI is InChI=1S/C13H15NO/c1-14-8-3-2-4-11-5-6-13-12(10-11)7-9-15-13/h5-6,10,14H,3,7-9H2,1H3. The summed E-state index contributed by atoms with van der Waals surface area (Å²) in [5.74, 6) is 7.33. The molecule has 1 aliphatic rings. The molecule has 15 heavy (non-hydrogen) atoms. The molecule has 0 fully saturated rings. The van der Waals surface area contributed by atoms with Gasteiger partial charge in [-0.2, -0.15) is 0 Å². The molecule has 0 aliphatic carbocycles. The molecule has 0 saturated heterocycles. The van der Waals surface area contributed by atoms with E-state index in [2.05, 4.69) is 23.2 Å². The second kappa shape index (κ2) is 4.86. The maximum atomic E-state index is 5.44. The minimum atomic E-state index is 0.811. The Kier molecular flexibility index (Phi) is 3.26. The molecule has 78 valence electrons. The van der Waals surface area contributed by atoms with Crippen LogP contribution >= 0.6 is 0 Å². The van der Waals surface area contributed by atoms with E-state index >= 15 is 0 Å². The highest BCUT2D eigenvalue weighted by Gasteiger charge is 2.10. The van der Waals surface area contributed by atoms with Crippen LogP contribution in [0, 0.1) is 11.8 Å². The molecule has 0 radical (unpaired) electrons. The molecule has 0 unspecified atom stereocenters. The smallest absolute Gasteiger partial charge is 0.122 e. The predicted molar refractivity (Wildman–Crippen MR) is 61.1 cm³/mol. The van der Waals surface area contributed by atoms with Crippen LogP contribution in [0.4, 0.5) is 0 Å². The van der Waals surface area contributed by atoms with Gasteiger partial charge in [0.25, 0.3) is 0 Å². The van der Waals surface area contributed by atoms with E-state index in [0.29, 0.717) is 0 Å². The minimum Gasteiger partial charge on any atom is -0.493 e. The molecular formula is C13H15NO. The summed E-state index contributed by atoms with van der Waals surface area (Å²) < 4.78 is 5.44. The summed E-state index contributed by atoms with van der Waals surface area (Å²) in [7, 11) is 1.94. The van der Waals surface area contributed by atoms with Crippen molar-refractivity contribution >= 4 is 0 Å². The Labute approximate surface area is 90.6 Å². The third kappa shape index (κ3) is 2.51. The number of benzene rings is 1. The quantitative estimate of drug-likeness (QED) is 0.579. The van der Waals surface area contributed by atoms with E-state index in [0.717, 1.165) is 37.3 Å². The summed E-state index contributed by atoms with van der Waals surface area (Å²) in [4.78, 5) is 0. The fraction of sp³-hybridized carbons (Fsp3) is 0.385. The number of fused-ring (bicyclic) bond motifs is 1. The van der Waals surface area contributed by atoms with Crippen molar-refractivity contribution in [2.24, 2.45) is 0 Å². The second-order valence-electron chi connectivity index (χ2n) is 3.58. The van der Waals surface area contributed by atoms with E-state index in [9.17, 15) is 0 Å². The van der Waals surface area contributed by atoms with E-state index < -0.39 is 0 Å². The van der Waals surface area contributed by atoms with Crippen molar-refractivity contribution in [2.75, 3.05) is 20.2 Å². The van der Waals surface area contributed by atoms with Gasteiger partial charge in [-0.1, -0.05) is 11.8 Å². The SMILES string of the molecule is CNCCC#Cc1ccc2c(c1)CCO2. The first-order valence-corrected chi connectivity index (χ1v) is 5.29. The van der Waals surface area contributed by atoms with E-state index in [1.807, 2.05) is 19.2 Å². The van der Waals surface area contributed by atoms with Gasteiger partial charge in [0.05, 0.1) is 6.61 Å². The Hall–Kier alpha value is -1.46. The normalized spacial score (nSPS) is 12.6. The number of ether oxygens (including phenoxy) is 1. The molecule has 0 aromatic heterocycles. The monoisotopic (exact) mass is 201 g/mol. The van der Waals surface area contributed by atoms with Gasteiger partial charge in [0, 0.05) is 24.9 Å². The molecule has 1 aliphatic heterocycles. The number of hydrogen-bond acceptors (Lipinski definition) is 2. The first kappa shape index (κ1) is 10.1. The predicted octanol–water partition coefficient (Wildman–Crippen LogP) is 1.58. The van der Waals surface area contributed by atoms with Crippen molar-refractivity contribution in [3.8, 4) is 17.6 Å². The molecule has 2 nitrogen and oxygen atoms in total. The van der Waals surface area contributed by atoms with Gasteiger partial charge < -0.3 is 10.1 Å². The van der Waals surface area contributed by atoms with Crippen molar-refractivity contribution in [1.29, 1.82) is 0 Å². The van der Waals surface area contributed by atoms with Gasteiger partial charge in [-0.3, -0.25) is 0 Å². The molecule has 1 aromatic carbocycles. The molecule has 1 heterocycles. The molecule has 0 spiro atoms. The lowest BCUT2D eigenvalue weighted by Crippen LogP contribution is -2.05. The Bertz CT molecular complexity index is 401. The largest absolute Gasteiger partial charge is 0.493 e. The topological polar surface area (TPSA) is 21.3 Å². The fourth-order valence-electron chi connectivity index (χ4n) is 1.62. The van der Waals surface area contributed by atoms with Crippen LogP contribution in [0.1, 0.15) is 17.5 Å². The zero-order valence-corrected chi connectivity index (χ0v) is 8.97. The van der Waals surface area contributed by atoms with Crippen molar-refractivity contribution < 1.29 is 4.74 Å². The van der Waals surface area contributed by atoms with Gasteiger partial charge in [-0.05, 0) is 30.8 Å². The number of hydrogen-bond donors (Lipinski definition) is 1. The molecule has 0 amide bonds. The maximum absolute atomic E-state index is 5.44. The maximum Gasteiger partial charge on any atom is 0.122 e. The highest BCUT2D eigenvalue weighted by atomic mass is 16.5. The zero-order chi connectivity index (χ0) is 10.5. The Balaban J connectivity index is 2.05. The molecule has 2 heteroatoms. The summed E-state index contributed by atoms with van der Waals surface area (Å²) in [6.07, 6.45) is 1.91. The van der Waals surface area contributed by atoms with Gasteiger partial charge in [0.1, 0.15) is 5.75 Å². The van der Waals surface area contributed by atoms with Crippen LogP contribution < -0.4 is 10.1 Å². The van der Waals surface area contributed by atoms with E-state index in [-0.39, 0.29) is 0 Å². The molecule has 0 bridgehead atoms. The average molecular weight is 201 g/mol. The summed E-state index contributed by atoms with van der Waals surface area (Å²) in [5, 5.41) is 3.07. The first-order chi connectivity index (χ1) is 7.40.